The Hall–Kier alpha value is -1.88. The second-order valence-corrected chi connectivity index (χ2v) is 3.37. The summed E-state index contributed by atoms with van der Waals surface area (Å²) in [6, 6.07) is 2.46. The molecule has 0 fully saturated rings. The van der Waals surface area contributed by atoms with Crippen LogP contribution >= 0.6 is 0 Å². The summed E-state index contributed by atoms with van der Waals surface area (Å²) < 4.78 is 1.77. The number of hydrogen-bond acceptors (Lipinski definition) is 3. The molecular weight excluding hydrogens is 194 g/mol. The van der Waals surface area contributed by atoms with Gasteiger partial charge in [-0.25, -0.2) is 4.98 Å². The molecule has 0 aliphatic carbocycles. The summed E-state index contributed by atoms with van der Waals surface area (Å²) in [5.74, 6) is -1.04. The Labute approximate surface area is 86.2 Å². The van der Waals surface area contributed by atoms with E-state index >= 15 is 0 Å². The molecule has 2 aromatic rings. The van der Waals surface area contributed by atoms with Crippen LogP contribution in [0.4, 0.5) is 0 Å². The number of aromatic nitrogens is 2. The van der Waals surface area contributed by atoms with Gasteiger partial charge in [0.2, 0.25) is 0 Å². The van der Waals surface area contributed by atoms with Gasteiger partial charge in [-0.2, -0.15) is 0 Å². The SMILES string of the molecule is Cc1ncn2cccc(C(N)C(=O)O)c12. The number of pyridine rings is 1. The van der Waals surface area contributed by atoms with E-state index in [1.165, 1.54) is 0 Å². The molecule has 0 saturated carbocycles. The minimum Gasteiger partial charge on any atom is -0.480 e. The number of nitrogens with zero attached hydrogens (tertiary/aromatic N) is 2. The van der Waals surface area contributed by atoms with Crippen molar-refractivity contribution in [2.24, 2.45) is 5.73 Å². The van der Waals surface area contributed by atoms with E-state index in [1.807, 2.05) is 13.1 Å². The molecule has 0 aliphatic heterocycles. The summed E-state index contributed by atoms with van der Waals surface area (Å²) in [5.41, 5.74) is 7.73. The third kappa shape index (κ3) is 1.46. The number of carboxylic acids is 1. The molecule has 15 heavy (non-hydrogen) atoms. The van der Waals surface area contributed by atoms with E-state index in [-0.39, 0.29) is 0 Å². The Kier molecular flexibility index (Phi) is 2.17. The van der Waals surface area contributed by atoms with Crippen LogP contribution in [-0.2, 0) is 4.79 Å². The van der Waals surface area contributed by atoms with E-state index < -0.39 is 12.0 Å². The predicted octanol–water partition coefficient (Wildman–Crippen LogP) is 0.727. The second-order valence-electron chi connectivity index (χ2n) is 3.37. The minimum absolute atomic E-state index is 0.583. The molecule has 1 atom stereocenters. The molecule has 0 bridgehead atoms. The molecule has 2 heterocycles. The zero-order valence-electron chi connectivity index (χ0n) is 8.21. The Balaban J connectivity index is 2.69. The number of aryl methyl sites for hydroxylation is 1. The van der Waals surface area contributed by atoms with Crippen LogP contribution in [0.25, 0.3) is 5.52 Å². The Bertz CT molecular complexity index is 518. The fourth-order valence-corrected chi connectivity index (χ4v) is 1.63. The minimum atomic E-state index is -1.04. The fourth-order valence-electron chi connectivity index (χ4n) is 1.63. The van der Waals surface area contributed by atoms with Crippen LogP contribution < -0.4 is 5.73 Å². The first-order valence-corrected chi connectivity index (χ1v) is 4.52. The van der Waals surface area contributed by atoms with Crippen LogP contribution in [0, 0.1) is 6.92 Å². The number of fused-ring (bicyclic) bond motifs is 1. The van der Waals surface area contributed by atoms with Crippen molar-refractivity contribution in [3.63, 3.8) is 0 Å². The maximum Gasteiger partial charge on any atom is 0.325 e. The standard InChI is InChI=1S/C10H11N3O2/c1-6-9-7(8(11)10(14)15)3-2-4-13(9)5-12-6/h2-5,8H,11H2,1H3,(H,14,15). The molecule has 5 heteroatoms. The maximum atomic E-state index is 10.8. The molecule has 78 valence electrons. The predicted molar refractivity (Wildman–Crippen MR) is 54.5 cm³/mol. The molecule has 0 saturated heterocycles. The van der Waals surface area contributed by atoms with Crippen LogP contribution in [0.2, 0.25) is 0 Å². The number of nitrogens with two attached hydrogens (primary N) is 1. The van der Waals surface area contributed by atoms with Crippen LogP contribution in [0.15, 0.2) is 24.7 Å². The number of carbonyl (C=O) groups is 1. The number of aliphatic carboxylic acids is 1. The van der Waals surface area contributed by atoms with Gasteiger partial charge in [-0.05, 0) is 13.0 Å². The normalized spacial score (nSPS) is 12.9. The van der Waals surface area contributed by atoms with Crippen molar-refractivity contribution < 1.29 is 9.90 Å². The molecule has 0 amide bonds. The summed E-state index contributed by atoms with van der Waals surface area (Å²) in [7, 11) is 0. The zero-order valence-corrected chi connectivity index (χ0v) is 8.21. The average Bonchev–Trinajstić information content (AvgIpc) is 2.59. The lowest BCUT2D eigenvalue weighted by molar-refractivity contribution is -0.138. The van der Waals surface area contributed by atoms with Gasteiger partial charge < -0.3 is 15.2 Å². The van der Waals surface area contributed by atoms with Gasteiger partial charge in [0.15, 0.2) is 0 Å². The number of rotatable bonds is 2. The Morgan fingerprint density at radius 2 is 2.40 bits per heavy atom. The zero-order chi connectivity index (χ0) is 11.0. The van der Waals surface area contributed by atoms with Crippen molar-refractivity contribution in [3.05, 3.63) is 35.9 Å². The summed E-state index contributed by atoms with van der Waals surface area (Å²) in [5, 5.41) is 8.87. The molecule has 0 spiro atoms. The molecule has 0 aromatic carbocycles. The lowest BCUT2D eigenvalue weighted by Gasteiger charge is -2.09. The van der Waals surface area contributed by atoms with E-state index in [0.717, 1.165) is 11.2 Å². The third-order valence-electron chi connectivity index (χ3n) is 2.37. The molecule has 3 N–H and O–H groups in total. The third-order valence-corrected chi connectivity index (χ3v) is 2.37. The van der Waals surface area contributed by atoms with E-state index in [0.29, 0.717) is 5.56 Å². The van der Waals surface area contributed by atoms with Crippen LogP contribution in [0.5, 0.6) is 0 Å². The quantitative estimate of drug-likeness (QED) is 0.757. The van der Waals surface area contributed by atoms with Gasteiger partial charge in [0.05, 0.1) is 17.5 Å². The smallest absolute Gasteiger partial charge is 0.325 e. The second kappa shape index (κ2) is 3.36. The summed E-state index contributed by atoms with van der Waals surface area (Å²) in [6.45, 7) is 1.83. The molecule has 1 unspecified atom stereocenters. The van der Waals surface area contributed by atoms with E-state index in [9.17, 15) is 4.79 Å². The van der Waals surface area contributed by atoms with Crippen molar-refractivity contribution in [2.45, 2.75) is 13.0 Å². The highest BCUT2D eigenvalue weighted by atomic mass is 16.4. The van der Waals surface area contributed by atoms with Crippen molar-refractivity contribution in [1.82, 2.24) is 9.38 Å². The first kappa shape index (κ1) is 9.67. The summed E-state index contributed by atoms with van der Waals surface area (Å²) in [4.78, 5) is 14.9. The van der Waals surface area contributed by atoms with E-state index in [1.54, 1.807) is 22.9 Å². The van der Waals surface area contributed by atoms with Gasteiger partial charge in [0.25, 0.3) is 0 Å². The highest BCUT2D eigenvalue weighted by Crippen LogP contribution is 2.20. The lowest BCUT2D eigenvalue weighted by atomic mass is 10.1. The average molecular weight is 205 g/mol. The highest BCUT2D eigenvalue weighted by Gasteiger charge is 2.18. The summed E-state index contributed by atoms with van der Waals surface area (Å²) in [6.07, 6.45) is 3.45. The van der Waals surface area contributed by atoms with Gasteiger partial charge in [-0.3, -0.25) is 4.79 Å². The van der Waals surface area contributed by atoms with E-state index in [4.69, 9.17) is 10.8 Å². The van der Waals surface area contributed by atoms with Crippen molar-refractivity contribution in [3.8, 4) is 0 Å². The van der Waals surface area contributed by atoms with Gasteiger partial charge in [0.1, 0.15) is 6.04 Å². The molecule has 2 rings (SSSR count). The monoisotopic (exact) mass is 205 g/mol. The molecule has 0 aliphatic rings. The number of imidazole rings is 1. The van der Waals surface area contributed by atoms with Crippen LogP contribution in [0.1, 0.15) is 17.3 Å². The molecular formula is C10H11N3O2. The van der Waals surface area contributed by atoms with Gasteiger partial charge >= 0.3 is 5.97 Å². The number of hydrogen-bond donors (Lipinski definition) is 2. The van der Waals surface area contributed by atoms with Crippen LogP contribution in [-0.4, -0.2) is 20.5 Å². The molecule has 5 nitrogen and oxygen atoms in total. The first-order valence-electron chi connectivity index (χ1n) is 4.52. The molecule has 0 radical (unpaired) electrons. The van der Waals surface area contributed by atoms with Gasteiger partial charge in [-0.1, -0.05) is 6.07 Å². The largest absolute Gasteiger partial charge is 0.480 e. The van der Waals surface area contributed by atoms with Crippen molar-refractivity contribution >= 4 is 11.5 Å². The van der Waals surface area contributed by atoms with Crippen molar-refractivity contribution in [2.75, 3.05) is 0 Å². The number of carboxylic acid groups (broad SMARTS) is 1. The van der Waals surface area contributed by atoms with Crippen LogP contribution in [0.3, 0.4) is 0 Å². The Morgan fingerprint density at radius 1 is 1.67 bits per heavy atom. The van der Waals surface area contributed by atoms with Gasteiger partial charge in [0, 0.05) is 11.8 Å². The maximum absolute atomic E-state index is 10.8. The van der Waals surface area contributed by atoms with Gasteiger partial charge in [-0.15, -0.1) is 0 Å². The summed E-state index contributed by atoms with van der Waals surface area (Å²) >= 11 is 0. The van der Waals surface area contributed by atoms with E-state index in [2.05, 4.69) is 4.98 Å². The fraction of sp³-hybridized carbons (Fsp3) is 0.200. The lowest BCUT2D eigenvalue weighted by Crippen LogP contribution is -2.21. The molecule has 2 aromatic heterocycles. The Morgan fingerprint density at radius 3 is 3.07 bits per heavy atom. The first-order chi connectivity index (χ1) is 7.11. The van der Waals surface area contributed by atoms with Crippen molar-refractivity contribution in [1.29, 1.82) is 0 Å². The highest BCUT2D eigenvalue weighted by molar-refractivity contribution is 5.79. The topological polar surface area (TPSA) is 80.6 Å².